The highest BCUT2D eigenvalue weighted by Gasteiger charge is 2.35. The van der Waals surface area contributed by atoms with E-state index in [0.717, 1.165) is 0 Å². The minimum absolute atomic E-state index is 0.148. The Balaban J connectivity index is 2.13. The van der Waals surface area contributed by atoms with Crippen molar-refractivity contribution in [1.29, 1.82) is 0 Å². The third kappa shape index (κ3) is 6.20. The number of hydrogen-bond acceptors (Lipinski definition) is 5. The number of amides is 4. The van der Waals surface area contributed by atoms with Gasteiger partial charge in [-0.05, 0) is 45.7 Å². The van der Waals surface area contributed by atoms with Crippen LogP contribution in [0.4, 0.5) is 10.5 Å². The summed E-state index contributed by atoms with van der Waals surface area (Å²) in [5.41, 5.74) is -0.0982. The van der Waals surface area contributed by atoms with Gasteiger partial charge in [-0.3, -0.25) is 19.7 Å². The van der Waals surface area contributed by atoms with E-state index in [-0.39, 0.29) is 29.8 Å². The quantitative estimate of drug-likeness (QED) is 0.688. The molecular formula is C20H28N4O5. The minimum Gasteiger partial charge on any atom is -0.444 e. The van der Waals surface area contributed by atoms with Gasteiger partial charge in [0.15, 0.2) is 0 Å². The molecule has 4 amide bonds. The molecule has 0 radical (unpaired) electrons. The fourth-order valence-corrected chi connectivity index (χ4v) is 3.00. The second kappa shape index (κ2) is 9.40. The fraction of sp³-hybridized carbons (Fsp3) is 0.500. The molecule has 9 heteroatoms. The predicted octanol–water partition coefficient (Wildman–Crippen LogP) is 1.50. The van der Waals surface area contributed by atoms with Crippen LogP contribution in [0, 0.1) is 0 Å². The van der Waals surface area contributed by atoms with Crippen LogP contribution < -0.4 is 16.0 Å². The van der Waals surface area contributed by atoms with Crippen molar-refractivity contribution in [2.45, 2.75) is 45.3 Å². The van der Waals surface area contributed by atoms with E-state index in [9.17, 15) is 19.2 Å². The van der Waals surface area contributed by atoms with Gasteiger partial charge < -0.3 is 20.3 Å². The van der Waals surface area contributed by atoms with Crippen molar-refractivity contribution in [2.24, 2.45) is 0 Å². The van der Waals surface area contributed by atoms with Gasteiger partial charge >= 0.3 is 6.09 Å². The first-order chi connectivity index (χ1) is 13.6. The van der Waals surface area contributed by atoms with Gasteiger partial charge in [0.05, 0.1) is 17.8 Å². The highest BCUT2D eigenvalue weighted by atomic mass is 16.6. The summed E-state index contributed by atoms with van der Waals surface area (Å²) >= 11 is 0. The summed E-state index contributed by atoms with van der Waals surface area (Å²) in [6.45, 7) is 5.50. The van der Waals surface area contributed by atoms with Crippen molar-refractivity contribution in [2.75, 3.05) is 25.5 Å². The summed E-state index contributed by atoms with van der Waals surface area (Å²) in [7, 11) is 1.48. The van der Waals surface area contributed by atoms with E-state index in [1.165, 1.54) is 11.9 Å². The van der Waals surface area contributed by atoms with Gasteiger partial charge in [-0.2, -0.15) is 0 Å². The molecule has 1 aromatic carbocycles. The molecule has 1 heterocycles. The number of para-hydroxylation sites is 1. The number of likely N-dealkylation sites (tertiary alicyclic amines) is 1. The highest BCUT2D eigenvalue weighted by Crippen LogP contribution is 2.24. The van der Waals surface area contributed by atoms with E-state index in [0.29, 0.717) is 25.1 Å². The molecule has 3 N–H and O–H groups in total. The molecular weight excluding hydrogens is 376 g/mol. The number of hydrogen-bond donors (Lipinski definition) is 3. The molecule has 9 nitrogen and oxygen atoms in total. The van der Waals surface area contributed by atoms with E-state index < -0.39 is 17.7 Å². The molecule has 1 aromatic rings. The number of carbonyl (C=O) groups is 4. The maximum Gasteiger partial charge on any atom is 0.412 e. The number of rotatable bonds is 5. The zero-order chi connectivity index (χ0) is 21.6. The third-order valence-corrected chi connectivity index (χ3v) is 4.31. The van der Waals surface area contributed by atoms with E-state index >= 15 is 0 Å². The van der Waals surface area contributed by atoms with E-state index in [4.69, 9.17) is 4.74 Å². The van der Waals surface area contributed by atoms with Crippen LogP contribution in [0.2, 0.25) is 0 Å². The molecule has 1 atom stereocenters. The second-order valence-corrected chi connectivity index (χ2v) is 7.72. The molecule has 0 saturated carbocycles. The molecule has 1 saturated heterocycles. The molecule has 0 spiro atoms. The number of benzene rings is 1. The van der Waals surface area contributed by atoms with Gasteiger partial charge in [-0.25, -0.2) is 4.79 Å². The number of likely N-dealkylation sites (N-methyl/N-ethyl adjacent to an activating group) is 1. The van der Waals surface area contributed by atoms with Crippen molar-refractivity contribution in [1.82, 2.24) is 15.5 Å². The normalized spacial score (nSPS) is 16.1. The van der Waals surface area contributed by atoms with Crippen LogP contribution in [0.25, 0.3) is 0 Å². The van der Waals surface area contributed by atoms with Crippen molar-refractivity contribution in [3.63, 3.8) is 0 Å². The molecule has 2 rings (SSSR count). The summed E-state index contributed by atoms with van der Waals surface area (Å²) in [6, 6.07) is 5.91. The summed E-state index contributed by atoms with van der Waals surface area (Å²) in [5, 5.41) is 7.58. The molecule has 29 heavy (non-hydrogen) atoms. The van der Waals surface area contributed by atoms with Crippen molar-refractivity contribution in [3.05, 3.63) is 29.8 Å². The topological polar surface area (TPSA) is 117 Å². The van der Waals surface area contributed by atoms with Crippen LogP contribution >= 0.6 is 0 Å². The first-order valence-electron chi connectivity index (χ1n) is 9.50. The van der Waals surface area contributed by atoms with Gasteiger partial charge in [0, 0.05) is 13.6 Å². The summed E-state index contributed by atoms with van der Waals surface area (Å²) in [6.07, 6.45) is 0.511. The number of ether oxygens (including phenoxy) is 1. The van der Waals surface area contributed by atoms with Crippen LogP contribution in [0.3, 0.4) is 0 Å². The van der Waals surface area contributed by atoms with Crippen LogP contribution in [0.1, 0.15) is 44.0 Å². The minimum atomic E-state index is -0.675. The van der Waals surface area contributed by atoms with Gasteiger partial charge in [-0.1, -0.05) is 12.1 Å². The molecule has 0 aromatic heterocycles. The number of nitrogens with zero attached hydrogens (tertiary/aromatic N) is 1. The Bertz CT molecular complexity index is 787. The average Bonchev–Trinajstić information content (AvgIpc) is 3.14. The van der Waals surface area contributed by atoms with E-state index in [1.807, 2.05) is 0 Å². The number of anilines is 1. The highest BCUT2D eigenvalue weighted by molar-refractivity contribution is 6.04. The zero-order valence-electron chi connectivity index (χ0n) is 17.2. The lowest BCUT2D eigenvalue weighted by Crippen LogP contribution is -2.48. The zero-order valence-corrected chi connectivity index (χ0v) is 17.2. The van der Waals surface area contributed by atoms with Crippen molar-refractivity contribution in [3.8, 4) is 0 Å². The third-order valence-electron chi connectivity index (χ3n) is 4.31. The predicted molar refractivity (Wildman–Crippen MR) is 107 cm³/mol. The molecule has 1 aliphatic rings. The lowest BCUT2D eigenvalue weighted by Gasteiger charge is -2.25. The van der Waals surface area contributed by atoms with Crippen molar-refractivity contribution < 1.29 is 23.9 Å². The average molecular weight is 404 g/mol. The summed E-state index contributed by atoms with van der Waals surface area (Å²) < 4.78 is 5.25. The Morgan fingerprint density at radius 1 is 1.17 bits per heavy atom. The second-order valence-electron chi connectivity index (χ2n) is 7.72. The van der Waals surface area contributed by atoms with Gasteiger partial charge in [-0.15, -0.1) is 0 Å². The van der Waals surface area contributed by atoms with Crippen LogP contribution in [-0.2, 0) is 14.3 Å². The molecule has 0 unspecified atom stereocenters. The van der Waals surface area contributed by atoms with Crippen LogP contribution in [0.15, 0.2) is 24.3 Å². The summed E-state index contributed by atoms with van der Waals surface area (Å²) in [5.74, 6) is -1.06. The fourth-order valence-electron chi connectivity index (χ4n) is 3.00. The lowest BCUT2D eigenvalue weighted by atomic mass is 10.1. The molecule has 1 fully saturated rings. The van der Waals surface area contributed by atoms with Gasteiger partial charge in [0.1, 0.15) is 11.6 Å². The van der Waals surface area contributed by atoms with Crippen molar-refractivity contribution >= 4 is 29.5 Å². The summed E-state index contributed by atoms with van der Waals surface area (Å²) in [4.78, 5) is 50.5. The SMILES string of the molecule is CNC(=O)CNC(=O)[C@@H]1CCCN1C(=O)c1ccccc1NC(=O)OC(C)(C)C. The maximum absolute atomic E-state index is 13.1. The Labute approximate surface area is 170 Å². The van der Waals surface area contributed by atoms with E-state index in [2.05, 4.69) is 16.0 Å². The number of carbonyl (C=O) groups excluding carboxylic acids is 4. The Kier molecular flexibility index (Phi) is 7.19. The Morgan fingerprint density at radius 2 is 1.86 bits per heavy atom. The van der Waals surface area contributed by atoms with Crippen LogP contribution in [0.5, 0.6) is 0 Å². The standard InChI is InChI=1S/C20H28N4O5/c1-20(2,3)29-19(28)23-14-9-6-5-8-13(14)18(27)24-11-7-10-15(24)17(26)22-12-16(25)21-4/h5-6,8-9,15H,7,10-12H2,1-4H3,(H,21,25)(H,22,26)(H,23,28)/t15-/m0/s1. The first-order valence-corrected chi connectivity index (χ1v) is 9.50. The smallest absolute Gasteiger partial charge is 0.412 e. The molecule has 158 valence electrons. The lowest BCUT2D eigenvalue weighted by molar-refractivity contribution is -0.128. The number of nitrogens with one attached hydrogen (secondary N) is 3. The monoisotopic (exact) mass is 404 g/mol. The van der Waals surface area contributed by atoms with Gasteiger partial charge in [0.25, 0.3) is 5.91 Å². The molecule has 1 aliphatic heterocycles. The molecule has 0 bridgehead atoms. The Morgan fingerprint density at radius 3 is 2.52 bits per heavy atom. The van der Waals surface area contributed by atoms with E-state index in [1.54, 1.807) is 45.0 Å². The Hall–Kier alpha value is -3.10. The van der Waals surface area contributed by atoms with Gasteiger partial charge in [0.2, 0.25) is 11.8 Å². The first kappa shape index (κ1) is 22.2. The largest absolute Gasteiger partial charge is 0.444 e. The maximum atomic E-state index is 13.1. The molecule has 0 aliphatic carbocycles. The van der Waals surface area contributed by atoms with Crippen LogP contribution in [-0.4, -0.2) is 60.5 Å².